The minimum absolute atomic E-state index is 0.161. The van der Waals surface area contributed by atoms with Crippen LogP contribution in [0.4, 0.5) is 4.79 Å². The van der Waals surface area contributed by atoms with Crippen molar-refractivity contribution < 1.29 is 9.53 Å². The second kappa shape index (κ2) is 7.12. The molecule has 1 atom stereocenters. The number of thiophene rings is 1. The van der Waals surface area contributed by atoms with Gasteiger partial charge in [-0.25, -0.2) is 4.79 Å². The van der Waals surface area contributed by atoms with Crippen LogP contribution < -0.4 is 10.6 Å². The highest BCUT2D eigenvalue weighted by atomic mass is 35.5. The Morgan fingerprint density at radius 1 is 1.47 bits per heavy atom. The van der Waals surface area contributed by atoms with Crippen LogP contribution in [0.5, 0.6) is 0 Å². The molecule has 0 aromatic carbocycles. The van der Waals surface area contributed by atoms with Gasteiger partial charge in [-0.3, -0.25) is 0 Å². The minimum atomic E-state index is -0.464. The van der Waals surface area contributed by atoms with E-state index in [0.29, 0.717) is 6.54 Å². The number of carbonyl (C=O) groups is 1. The van der Waals surface area contributed by atoms with Crippen molar-refractivity contribution in [2.24, 2.45) is 0 Å². The van der Waals surface area contributed by atoms with Gasteiger partial charge < -0.3 is 15.4 Å². The van der Waals surface area contributed by atoms with Gasteiger partial charge in [-0.15, -0.1) is 11.3 Å². The first-order valence-electron chi connectivity index (χ1n) is 6.21. The lowest BCUT2D eigenvalue weighted by Crippen LogP contribution is -2.40. The Labute approximate surface area is 123 Å². The molecule has 0 saturated carbocycles. The van der Waals surface area contributed by atoms with Gasteiger partial charge in [0.2, 0.25) is 0 Å². The molecule has 1 rings (SSSR count). The predicted molar refractivity (Wildman–Crippen MR) is 79.9 cm³/mol. The molecule has 4 nitrogen and oxygen atoms in total. The van der Waals surface area contributed by atoms with Gasteiger partial charge in [0.15, 0.2) is 0 Å². The molecule has 0 saturated heterocycles. The van der Waals surface area contributed by atoms with Crippen LogP contribution in [0.3, 0.4) is 0 Å². The van der Waals surface area contributed by atoms with Gasteiger partial charge in [-0.1, -0.05) is 11.6 Å². The standard InChI is InChI=1S/C13H21ClN2O2S/c1-9(7-16-12(17)18-13(2,3)4)15-8-10-5-6-11(14)19-10/h5-6,9,15H,7-8H2,1-4H3,(H,16,17). The summed E-state index contributed by atoms with van der Waals surface area (Å²) in [6.45, 7) is 8.80. The Hall–Kier alpha value is -0.780. The molecule has 1 unspecified atom stereocenters. The number of alkyl carbamates (subject to hydrolysis) is 1. The molecule has 0 aliphatic carbocycles. The van der Waals surface area contributed by atoms with Crippen LogP contribution in [0.1, 0.15) is 32.6 Å². The number of nitrogens with one attached hydrogen (secondary N) is 2. The maximum Gasteiger partial charge on any atom is 0.407 e. The lowest BCUT2D eigenvalue weighted by Gasteiger charge is -2.21. The summed E-state index contributed by atoms with van der Waals surface area (Å²) in [5, 5.41) is 6.05. The molecular formula is C13H21ClN2O2S. The summed E-state index contributed by atoms with van der Waals surface area (Å²) in [5.41, 5.74) is -0.464. The van der Waals surface area contributed by atoms with E-state index >= 15 is 0 Å². The molecule has 1 aromatic rings. The van der Waals surface area contributed by atoms with Crippen molar-refractivity contribution in [2.75, 3.05) is 6.54 Å². The van der Waals surface area contributed by atoms with Crippen molar-refractivity contribution in [3.05, 3.63) is 21.3 Å². The highest BCUT2D eigenvalue weighted by Crippen LogP contribution is 2.21. The number of ether oxygens (including phenoxy) is 1. The Balaban J connectivity index is 2.21. The molecule has 0 bridgehead atoms. The number of carbonyl (C=O) groups excluding carboxylic acids is 1. The van der Waals surface area contributed by atoms with Crippen LogP contribution in [0.25, 0.3) is 0 Å². The van der Waals surface area contributed by atoms with Crippen LogP contribution in [0.15, 0.2) is 12.1 Å². The lowest BCUT2D eigenvalue weighted by atomic mass is 10.2. The average molecular weight is 305 g/mol. The number of halogens is 1. The summed E-state index contributed by atoms with van der Waals surface area (Å²) in [4.78, 5) is 12.6. The molecule has 1 amide bonds. The quantitative estimate of drug-likeness (QED) is 0.876. The van der Waals surface area contributed by atoms with Gasteiger partial charge >= 0.3 is 6.09 Å². The van der Waals surface area contributed by atoms with Gasteiger partial charge in [0.1, 0.15) is 5.60 Å². The van der Waals surface area contributed by atoms with E-state index in [2.05, 4.69) is 10.6 Å². The van der Waals surface area contributed by atoms with Crippen molar-refractivity contribution >= 4 is 29.0 Å². The monoisotopic (exact) mass is 304 g/mol. The van der Waals surface area contributed by atoms with Gasteiger partial charge in [0.25, 0.3) is 0 Å². The number of rotatable bonds is 5. The molecule has 0 spiro atoms. The minimum Gasteiger partial charge on any atom is -0.444 e. The molecule has 108 valence electrons. The maximum atomic E-state index is 11.5. The summed E-state index contributed by atoms with van der Waals surface area (Å²) >= 11 is 7.41. The topological polar surface area (TPSA) is 50.4 Å². The van der Waals surface area contributed by atoms with Crippen molar-refractivity contribution in [3.8, 4) is 0 Å². The Morgan fingerprint density at radius 2 is 2.16 bits per heavy atom. The summed E-state index contributed by atoms with van der Waals surface area (Å²) < 4.78 is 5.95. The average Bonchev–Trinajstić information content (AvgIpc) is 2.67. The summed E-state index contributed by atoms with van der Waals surface area (Å²) in [6, 6.07) is 4.04. The fraction of sp³-hybridized carbons (Fsp3) is 0.615. The highest BCUT2D eigenvalue weighted by molar-refractivity contribution is 7.16. The highest BCUT2D eigenvalue weighted by Gasteiger charge is 2.16. The van der Waals surface area contributed by atoms with Crippen LogP contribution in [0, 0.1) is 0 Å². The third-order valence-electron chi connectivity index (χ3n) is 2.21. The molecule has 19 heavy (non-hydrogen) atoms. The van der Waals surface area contributed by atoms with E-state index in [1.54, 1.807) is 11.3 Å². The van der Waals surface area contributed by atoms with Crippen molar-refractivity contribution in [2.45, 2.75) is 45.9 Å². The zero-order chi connectivity index (χ0) is 14.5. The molecule has 0 fully saturated rings. The van der Waals surface area contributed by atoms with E-state index in [1.165, 1.54) is 4.88 Å². The Kier molecular flexibility index (Phi) is 6.10. The largest absolute Gasteiger partial charge is 0.444 e. The maximum absolute atomic E-state index is 11.5. The zero-order valence-electron chi connectivity index (χ0n) is 11.7. The summed E-state index contributed by atoms with van der Waals surface area (Å²) in [5.74, 6) is 0. The molecule has 0 aliphatic heterocycles. The molecule has 1 aromatic heterocycles. The number of hydrogen-bond donors (Lipinski definition) is 2. The summed E-state index contributed by atoms with van der Waals surface area (Å²) in [7, 11) is 0. The number of amides is 1. The molecule has 6 heteroatoms. The van der Waals surface area contributed by atoms with E-state index < -0.39 is 5.60 Å². The normalized spacial score (nSPS) is 13.1. The molecule has 0 aliphatic rings. The van der Waals surface area contributed by atoms with Gasteiger partial charge in [0, 0.05) is 24.0 Å². The van der Waals surface area contributed by atoms with Crippen LogP contribution >= 0.6 is 22.9 Å². The van der Waals surface area contributed by atoms with Gasteiger partial charge in [-0.05, 0) is 39.8 Å². The van der Waals surface area contributed by atoms with E-state index in [9.17, 15) is 4.79 Å². The molecular weight excluding hydrogens is 284 g/mol. The predicted octanol–water partition coefficient (Wildman–Crippen LogP) is 3.40. The second-order valence-electron chi connectivity index (χ2n) is 5.37. The molecule has 2 N–H and O–H groups in total. The van der Waals surface area contributed by atoms with Gasteiger partial charge in [-0.2, -0.15) is 0 Å². The molecule has 1 heterocycles. The van der Waals surface area contributed by atoms with E-state index in [0.717, 1.165) is 10.9 Å². The SMILES string of the molecule is CC(CNC(=O)OC(C)(C)C)NCc1ccc(Cl)s1. The van der Waals surface area contributed by atoms with Crippen LogP contribution in [0.2, 0.25) is 4.34 Å². The van der Waals surface area contributed by atoms with E-state index in [1.807, 2.05) is 39.8 Å². The van der Waals surface area contributed by atoms with E-state index in [4.69, 9.17) is 16.3 Å². The fourth-order valence-electron chi connectivity index (χ4n) is 1.34. The van der Waals surface area contributed by atoms with Crippen molar-refractivity contribution in [3.63, 3.8) is 0 Å². The smallest absolute Gasteiger partial charge is 0.407 e. The summed E-state index contributed by atoms with van der Waals surface area (Å²) in [6.07, 6.45) is -0.389. The zero-order valence-corrected chi connectivity index (χ0v) is 13.3. The van der Waals surface area contributed by atoms with Gasteiger partial charge in [0.05, 0.1) is 4.34 Å². The second-order valence-corrected chi connectivity index (χ2v) is 7.17. The van der Waals surface area contributed by atoms with Crippen LogP contribution in [-0.4, -0.2) is 24.3 Å². The van der Waals surface area contributed by atoms with Crippen LogP contribution in [-0.2, 0) is 11.3 Å². The lowest BCUT2D eigenvalue weighted by molar-refractivity contribution is 0.0523. The van der Waals surface area contributed by atoms with Crippen molar-refractivity contribution in [1.29, 1.82) is 0 Å². The first kappa shape index (κ1) is 16.3. The number of hydrogen-bond acceptors (Lipinski definition) is 4. The van der Waals surface area contributed by atoms with Crippen molar-refractivity contribution in [1.82, 2.24) is 10.6 Å². The third kappa shape index (κ3) is 7.40. The Bertz CT molecular complexity index is 415. The fourth-order valence-corrected chi connectivity index (χ4v) is 2.38. The molecule has 0 radical (unpaired) electrons. The Morgan fingerprint density at radius 3 is 2.68 bits per heavy atom. The first-order valence-corrected chi connectivity index (χ1v) is 7.40. The first-order chi connectivity index (χ1) is 8.76. The third-order valence-corrected chi connectivity index (χ3v) is 3.44. The van der Waals surface area contributed by atoms with E-state index in [-0.39, 0.29) is 12.1 Å².